The lowest BCUT2D eigenvalue weighted by Gasteiger charge is -2.26. The smallest absolute Gasteiger partial charge is 0.291 e. The minimum Gasteiger partial charge on any atom is -0.493 e. The van der Waals surface area contributed by atoms with Crippen molar-refractivity contribution in [2.24, 2.45) is 0 Å². The highest BCUT2D eigenvalue weighted by Crippen LogP contribution is 2.42. The lowest BCUT2D eigenvalue weighted by atomic mass is 9.97. The van der Waals surface area contributed by atoms with Crippen molar-refractivity contribution in [2.45, 2.75) is 26.4 Å². The van der Waals surface area contributed by atoms with Crippen LogP contribution >= 0.6 is 0 Å². The summed E-state index contributed by atoms with van der Waals surface area (Å²) >= 11 is 0. The van der Waals surface area contributed by atoms with E-state index in [0.29, 0.717) is 41.2 Å². The highest BCUT2D eigenvalue weighted by molar-refractivity contribution is 5.99. The number of amides is 1. The number of carbonyl (C=O) groups excluding carboxylic acids is 1. The molecule has 0 saturated carbocycles. The van der Waals surface area contributed by atoms with Crippen LogP contribution in [0.15, 0.2) is 82.5 Å². The molecule has 5 rings (SSSR count). The molecule has 0 saturated heterocycles. The van der Waals surface area contributed by atoms with Crippen LogP contribution in [0.4, 0.5) is 0 Å². The third-order valence-corrected chi connectivity index (χ3v) is 6.45. The second-order valence-corrected chi connectivity index (χ2v) is 8.96. The molecule has 4 aromatic rings. The van der Waals surface area contributed by atoms with Crippen molar-refractivity contribution in [3.8, 4) is 11.5 Å². The Kier molecular flexibility index (Phi) is 6.10. The zero-order valence-corrected chi connectivity index (χ0v) is 20.5. The van der Waals surface area contributed by atoms with Gasteiger partial charge in [0, 0.05) is 6.54 Å². The molecule has 6 nitrogen and oxygen atoms in total. The van der Waals surface area contributed by atoms with Crippen molar-refractivity contribution in [1.82, 2.24) is 4.90 Å². The number of rotatable bonds is 7. The zero-order chi connectivity index (χ0) is 25.4. The molecule has 1 aliphatic rings. The molecular formula is C30H27NO5. The van der Waals surface area contributed by atoms with Crippen molar-refractivity contribution in [2.75, 3.05) is 13.7 Å². The Morgan fingerprint density at radius 2 is 1.81 bits per heavy atom. The van der Waals surface area contributed by atoms with Crippen LogP contribution in [0.2, 0.25) is 0 Å². The van der Waals surface area contributed by atoms with Gasteiger partial charge in [0.15, 0.2) is 16.9 Å². The molecule has 2 heterocycles. The van der Waals surface area contributed by atoms with Crippen LogP contribution in [0, 0.1) is 13.8 Å². The van der Waals surface area contributed by atoms with Crippen molar-refractivity contribution in [1.29, 1.82) is 0 Å². The van der Waals surface area contributed by atoms with Gasteiger partial charge in [-0.15, -0.1) is 0 Å². The molecule has 1 aliphatic heterocycles. The standard InChI is InChI=1S/C30H27NO5/c1-5-13-35-23-12-11-21(16-24(23)34-4)26-25-27(32)22-15-18(2)14-19(3)28(22)36-29(25)30(33)31(26)17-20-9-7-6-8-10-20/h5-12,14-16,26H,1,13,17H2,2-4H3. The molecule has 1 aromatic heterocycles. The Labute approximate surface area is 209 Å². The van der Waals surface area contributed by atoms with Gasteiger partial charge >= 0.3 is 0 Å². The second-order valence-electron chi connectivity index (χ2n) is 8.96. The third-order valence-electron chi connectivity index (χ3n) is 6.45. The van der Waals surface area contributed by atoms with Crippen LogP contribution in [0.5, 0.6) is 11.5 Å². The largest absolute Gasteiger partial charge is 0.493 e. The monoisotopic (exact) mass is 481 g/mol. The molecule has 0 N–H and O–H groups in total. The van der Waals surface area contributed by atoms with Crippen LogP contribution < -0.4 is 14.9 Å². The highest BCUT2D eigenvalue weighted by atomic mass is 16.5. The van der Waals surface area contributed by atoms with Crippen LogP contribution in [0.25, 0.3) is 11.0 Å². The number of hydrogen-bond donors (Lipinski definition) is 0. The van der Waals surface area contributed by atoms with Gasteiger partial charge in [-0.05, 0) is 54.3 Å². The predicted octanol–water partition coefficient (Wildman–Crippen LogP) is 5.73. The number of benzene rings is 3. The molecule has 6 heteroatoms. The summed E-state index contributed by atoms with van der Waals surface area (Å²) in [7, 11) is 1.56. The maximum absolute atomic E-state index is 13.9. The Bertz CT molecular complexity index is 1540. The van der Waals surface area contributed by atoms with Gasteiger partial charge in [-0.2, -0.15) is 0 Å². The summed E-state index contributed by atoms with van der Waals surface area (Å²) in [4.78, 5) is 29.3. The number of hydrogen-bond acceptors (Lipinski definition) is 5. The number of carbonyl (C=O) groups is 1. The molecule has 0 aliphatic carbocycles. The number of fused-ring (bicyclic) bond motifs is 2. The normalized spacial score (nSPS) is 14.7. The van der Waals surface area contributed by atoms with Crippen molar-refractivity contribution in [3.05, 3.63) is 117 Å². The van der Waals surface area contributed by atoms with E-state index in [4.69, 9.17) is 13.9 Å². The summed E-state index contributed by atoms with van der Waals surface area (Å²) in [5.41, 5.74) is 4.06. The zero-order valence-electron chi connectivity index (χ0n) is 20.5. The summed E-state index contributed by atoms with van der Waals surface area (Å²) < 4.78 is 17.5. The van der Waals surface area contributed by atoms with Gasteiger partial charge in [-0.25, -0.2) is 0 Å². The molecule has 3 aromatic carbocycles. The van der Waals surface area contributed by atoms with Crippen molar-refractivity contribution < 1.29 is 18.7 Å². The van der Waals surface area contributed by atoms with E-state index in [9.17, 15) is 9.59 Å². The van der Waals surface area contributed by atoms with E-state index in [1.807, 2.05) is 68.4 Å². The maximum Gasteiger partial charge on any atom is 0.291 e. The topological polar surface area (TPSA) is 69.0 Å². The van der Waals surface area contributed by atoms with E-state index in [1.54, 1.807) is 24.2 Å². The number of nitrogens with zero attached hydrogens (tertiary/aromatic N) is 1. The first kappa shape index (κ1) is 23.4. The molecule has 1 unspecified atom stereocenters. The van der Waals surface area contributed by atoms with E-state index in [-0.39, 0.29) is 17.1 Å². The first-order chi connectivity index (χ1) is 17.4. The Balaban J connectivity index is 1.72. The predicted molar refractivity (Wildman–Crippen MR) is 139 cm³/mol. The molecule has 1 atom stereocenters. The van der Waals surface area contributed by atoms with Crippen molar-refractivity contribution in [3.63, 3.8) is 0 Å². The third kappa shape index (κ3) is 3.94. The number of ether oxygens (including phenoxy) is 2. The minimum atomic E-state index is -0.642. The van der Waals surface area contributed by atoms with Crippen LogP contribution in [-0.4, -0.2) is 24.5 Å². The fraction of sp³-hybridized carbons (Fsp3) is 0.200. The quantitative estimate of drug-likeness (QED) is 0.316. The van der Waals surface area contributed by atoms with E-state index in [0.717, 1.165) is 22.3 Å². The Morgan fingerprint density at radius 3 is 2.53 bits per heavy atom. The molecule has 182 valence electrons. The maximum atomic E-state index is 13.9. The summed E-state index contributed by atoms with van der Waals surface area (Å²) in [5, 5.41) is 0.475. The summed E-state index contributed by atoms with van der Waals surface area (Å²) in [6.45, 7) is 8.16. The fourth-order valence-corrected chi connectivity index (χ4v) is 4.89. The van der Waals surface area contributed by atoms with Gasteiger partial charge in [0.2, 0.25) is 5.76 Å². The van der Waals surface area contributed by atoms with Crippen molar-refractivity contribution >= 4 is 16.9 Å². The second kappa shape index (κ2) is 9.38. The fourth-order valence-electron chi connectivity index (χ4n) is 4.89. The van der Waals surface area contributed by atoms with E-state index in [2.05, 4.69) is 6.58 Å². The van der Waals surface area contributed by atoms with Crippen LogP contribution in [0.3, 0.4) is 0 Å². The lowest BCUT2D eigenvalue weighted by molar-refractivity contribution is 0.0714. The molecular weight excluding hydrogens is 454 g/mol. The molecule has 0 bridgehead atoms. The van der Waals surface area contributed by atoms with Gasteiger partial charge in [0.05, 0.1) is 24.1 Å². The first-order valence-electron chi connectivity index (χ1n) is 11.8. The molecule has 36 heavy (non-hydrogen) atoms. The molecule has 0 fully saturated rings. The van der Waals surface area contributed by atoms with Crippen LogP contribution in [-0.2, 0) is 6.54 Å². The summed E-state index contributed by atoms with van der Waals surface area (Å²) in [5.74, 6) is 0.832. The summed E-state index contributed by atoms with van der Waals surface area (Å²) in [6, 6.07) is 18.3. The number of methoxy groups -OCH3 is 1. The average Bonchev–Trinajstić information content (AvgIpc) is 3.15. The van der Waals surface area contributed by atoms with Crippen LogP contribution in [0.1, 0.15) is 44.4 Å². The van der Waals surface area contributed by atoms with E-state index < -0.39 is 6.04 Å². The van der Waals surface area contributed by atoms with Gasteiger partial charge in [-0.3, -0.25) is 9.59 Å². The minimum absolute atomic E-state index is 0.0892. The number of aryl methyl sites for hydroxylation is 2. The highest BCUT2D eigenvalue weighted by Gasteiger charge is 2.43. The van der Waals surface area contributed by atoms with Gasteiger partial charge < -0.3 is 18.8 Å². The van der Waals surface area contributed by atoms with E-state index >= 15 is 0 Å². The SMILES string of the molecule is C=CCOc1ccc(C2c3c(oc4c(C)cc(C)cc4c3=O)C(=O)N2Cc2ccccc2)cc1OC. The Morgan fingerprint density at radius 1 is 1.03 bits per heavy atom. The summed E-state index contributed by atoms with van der Waals surface area (Å²) in [6.07, 6.45) is 1.65. The van der Waals surface area contributed by atoms with Gasteiger partial charge in [0.1, 0.15) is 12.2 Å². The van der Waals surface area contributed by atoms with E-state index in [1.165, 1.54) is 0 Å². The first-order valence-corrected chi connectivity index (χ1v) is 11.8. The Hall–Kier alpha value is -4.32. The molecule has 0 radical (unpaired) electrons. The van der Waals surface area contributed by atoms with Gasteiger partial charge in [-0.1, -0.05) is 55.1 Å². The lowest BCUT2D eigenvalue weighted by Crippen LogP contribution is -2.29. The molecule has 0 spiro atoms. The molecule has 1 amide bonds. The average molecular weight is 482 g/mol. The van der Waals surface area contributed by atoms with Gasteiger partial charge in [0.25, 0.3) is 5.91 Å².